The fourth-order valence-electron chi connectivity index (χ4n) is 4.22. The van der Waals surface area contributed by atoms with Crippen molar-refractivity contribution in [3.05, 3.63) is 29.8 Å². The zero-order valence-corrected chi connectivity index (χ0v) is 17.8. The van der Waals surface area contributed by atoms with Crippen molar-refractivity contribution in [1.82, 2.24) is 0 Å². The normalized spacial score (nSPS) is 21.8. The number of aryl methyl sites for hydroxylation is 1. The summed E-state index contributed by atoms with van der Waals surface area (Å²) in [7, 11) is 0. The van der Waals surface area contributed by atoms with E-state index in [9.17, 15) is 10.1 Å². The summed E-state index contributed by atoms with van der Waals surface area (Å²) in [5.74, 6) is 0.443. The Hall–Kier alpha value is -1.82. The smallest absolute Gasteiger partial charge is 0.314 e. The molecule has 0 spiro atoms. The van der Waals surface area contributed by atoms with Gasteiger partial charge in [0.25, 0.3) is 0 Å². The SMILES string of the molecule is CCCCCCC1(C#N)CCC(C(=O)Oc2ccc(CCCCC)cc2)CC1. The van der Waals surface area contributed by atoms with E-state index in [1.807, 2.05) is 12.1 Å². The number of rotatable bonds is 11. The highest BCUT2D eigenvalue weighted by molar-refractivity contribution is 5.75. The van der Waals surface area contributed by atoms with Gasteiger partial charge in [-0.3, -0.25) is 4.79 Å². The van der Waals surface area contributed by atoms with Gasteiger partial charge >= 0.3 is 5.97 Å². The number of hydrogen-bond donors (Lipinski definition) is 0. The molecule has 28 heavy (non-hydrogen) atoms. The first kappa shape index (κ1) is 22.5. The highest BCUT2D eigenvalue weighted by Crippen LogP contribution is 2.42. The van der Waals surface area contributed by atoms with Crippen molar-refractivity contribution < 1.29 is 9.53 Å². The van der Waals surface area contributed by atoms with Gasteiger partial charge in [0.2, 0.25) is 0 Å². The molecule has 3 nitrogen and oxygen atoms in total. The van der Waals surface area contributed by atoms with Crippen molar-refractivity contribution in [3.63, 3.8) is 0 Å². The molecule has 1 saturated carbocycles. The van der Waals surface area contributed by atoms with Crippen LogP contribution < -0.4 is 4.74 Å². The van der Waals surface area contributed by atoms with E-state index in [0.29, 0.717) is 5.75 Å². The second kappa shape index (κ2) is 11.9. The number of unbranched alkanes of at least 4 members (excludes halogenated alkanes) is 5. The number of carbonyl (C=O) groups excluding carboxylic acids is 1. The maximum atomic E-state index is 12.6. The third-order valence-electron chi connectivity index (χ3n) is 6.23. The molecule has 2 rings (SSSR count). The van der Waals surface area contributed by atoms with Crippen molar-refractivity contribution in [2.24, 2.45) is 11.3 Å². The van der Waals surface area contributed by atoms with Crippen LogP contribution in [0.2, 0.25) is 0 Å². The average Bonchev–Trinajstić information content (AvgIpc) is 2.73. The van der Waals surface area contributed by atoms with E-state index in [1.54, 1.807) is 0 Å². The van der Waals surface area contributed by atoms with Gasteiger partial charge in [0.15, 0.2) is 0 Å². The average molecular weight is 384 g/mol. The molecular weight excluding hydrogens is 346 g/mol. The second-order valence-electron chi connectivity index (χ2n) is 8.50. The fraction of sp³-hybridized carbons (Fsp3) is 0.680. The molecule has 154 valence electrons. The summed E-state index contributed by atoms with van der Waals surface area (Å²) < 4.78 is 5.63. The summed E-state index contributed by atoms with van der Waals surface area (Å²) in [5.41, 5.74) is 1.08. The first-order chi connectivity index (χ1) is 13.6. The summed E-state index contributed by atoms with van der Waals surface area (Å²) in [6.45, 7) is 4.41. The lowest BCUT2D eigenvalue weighted by molar-refractivity contribution is -0.140. The minimum Gasteiger partial charge on any atom is -0.426 e. The Morgan fingerprint density at radius 3 is 2.29 bits per heavy atom. The molecule has 1 aromatic carbocycles. The van der Waals surface area contributed by atoms with E-state index in [4.69, 9.17) is 4.74 Å². The fourth-order valence-corrected chi connectivity index (χ4v) is 4.22. The van der Waals surface area contributed by atoms with Gasteiger partial charge in [0.05, 0.1) is 17.4 Å². The van der Waals surface area contributed by atoms with E-state index >= 15 is 0 Å². The van der Waals surface area contributed by atoms with Gasteiger partial charge in [-0.2, -0.15) is 5.26 Å². The highest BCUT2D eigenvalue weighted by Gasteiger charge is 2.37. The molecule has 1 aromatic rings. The first-order valence-corrected chi connectivity index (χ1v) is 11.3. The molecule has 0 heterocycles. The Morgan fingerprint density at radius 1 is 1.04 bits per heavy atom. The van der Waals surface area contributed by atoms with E-state index in [0.717, 1.165) is 44.9 Å². The van der Waals surface area contributed by atoms with E-state index < -0.39 is 0 Å². The molecule has 1 aliphatic carbocycles. The predicted octanol–water partition coefficient (Wildman–Crippen LogP) is 7.00. The van der Waals surface area contributed by atoms with Gasteiger partial charge in [-0.15, -0.1) is 0 Å². The third kappa shape index (κ3) is 6.97. The van der Waals surface area contributed by atoms with Crippen LogP contribution in [0.15, 0.2) is 24.3 Å². The third-order valence-corrected chi connectivity index (χ3v) is 6.23. The van der Waals surface area contributed by atoms with Crippen LogP contribution in [0.3, 0.4) is 0 Å². The van der Waals surface area contributed by atoms with E-state index in [1.165, 1.54) is 44.1 Å². The Kier molecular flexibility index (Phi) is 9.55. The molecule has 0 bridgehead atoms. The largest absolute Gasteiger partial charge is 0.426 e. The molecule has 0 aromatic heterocycles. The highest BCUT2D eigenvalue weighted by atomic mass is 16.5. The van der Waals surface area contributed by atoms with Crippen LogP contribution in [0.4, 0.5) is 0 Å². The Morgan fingerprint density at radius 2 is 1.68 bits per heavy atom. The van der Waals surface area contributed by atoms with Crippen LogP contribution in [0, 0.1) is 22.7 Å². The number of nitrogens with zero attached hydrogens (tertiary/aromatic N) is 1. The summed E-state index contributed by atoms with van der Waals surface area (Å²) >= 11 is 0. The topological polar surface area (TPSA) is 50.1 Å². The molecule has 0 aliphatic heterocycles. The van der Waals surface area contributed by atoms with Crippen LogP contribution in [-0.2, 0) is 11.2 Å². The summed E-state index contributed by atoms with van der Waals surface area (Å²) in [4.78, 5) is 12.6. The van der Waals surface area contributed by atoms with Crippen molar-refractivity contribution in [1.29, 1.82) is 5.26 Å². The van der Waals surface area contributed by atoms with Gasteiger partial charge in [0.1, 0.15) is 5.75 Å². The Bertz CT molecular complexity index is 621. The Balaban J connectivity index is 1.79. The van der Waals surface area contributed by atoms with Crippen molar-refractivity contribution in [2.45, 2.75) is 97.3 Å². The van der Waals surface area contributed by atoms with Crippen LogP contribution in [0.25, 0.3) is 0 Å². The maximum absolute atomic E-state index is 12.6. The van der Waals surface area contributed by atoms with E-state index in [2.05, 4.69) is 32.0 Å². The first-order valence-electron chi connectivity index (χ1n) is 11.3. The number of ether oxygens (including phenoxy) is 1. The summed E-state index contributed by atoms with van der Waals surface area (Å²) in [6.07, 6.45) is 13.7. The van der Waals surface area contributed by atoms with Gasteiger partial charge < -0.3 is 4.74 Å². The van der Waals surface area contributed by atoms with Crippen LogP contribution in [-0.4, -0.2) is 5.97 Å². The number of esters is 1. The number of hydrogen-bond acceptors (Lipinski definition) is 3. The van der Waals surface area contributed by atoms with Gasteiger partial charge in [-0.25, -0.2) is 0 Å². The summed E-state index contributed by atoms with van der Waals surface area (Å²) in [6, 6.07) is 10.5. The van der Waals surface area contributed by atoms with Crippen molar-refractivity contribution in [2.75, 3.05) is 0 Å². The van der Waals surface area contributed by atoms with Crippen molar-refractivity contribution in [3.8, 4) is 11.8 Å². The van der Waals surface area contributed by atoms with Crippen LogP contribution in [0.1, 0.15) is 96.5 Å². The molecular formula is C25H37NO2. The molecule has 1 fully saturated rings. The molecule has 0 N–H and O–H groups in total. The van der Waals surface area contributed by atoms with Crippen LogP contribution in [0.5, 0.6) is 5.75 Å². The zero-order valence-electron chi connectivity index (χ0n) is 17.8. The quantitative estimate of drug-likeness (QED) is 0.235. The molecule has 0 unspecified atom stereocenters. The van der Waals surface area contributed by atoms with E-state index in [-0.39, 0.29) is 17.3 Å². The number of nitriles is 1. The number of benzene rings is 1. The minimum atomic E-state index is -0.218. The van der Waals surface area contributed by atoms with Gasteiger partial charge in [-0.1, -0.05) is 64.5 Å². The monoisotopic (exact) mass is 383 g/mol. The van der Waals surface area contributed by atoms with Gasteiger partial charge in [0, 0.05) is 0 Å². The summed E-state index contributed by atoms with van der Waals surface area (Å²) in [5, 5.41) is 9.70. The molecule has 0 radical (unpaired) electrons. The molecule has 0 atom stereocenters. The number of carbonyl (C=O) groups is 1. The molecule has 3 heteroatoms. The maximum Gasteiger partial charge on any atom is 0.314 e. The molecule has 0 amide bonds. The van der Waals surface area contributed by atoms with Crippen LogP contribution >= 0.6 is 0 Å². The molecule has 1 aliphatic rings. The minimum absolute atomic E-state index is 0.0682. The standard InChI is InChI=1S/C25H37NO2/c1-3-5-7-9-17-25(20-26)18-15-22(16-19-25)24(27)28-23-13-11-21(12-14-23)10-8-6-4-2/h11-14,22H,3-10,15-19H2,1-2H3. The Labute approximate surface area is 171 Å². The van der Waals surface area contributed by atoms with Gasteiger partial charge in [-0.05, 0) is 62.6 Å². The van der Waals surface area contributed by atoms with Crippen molar-refractivity contribution >= 4 is 5.97 Å². The molecule has 0 saturated heterocycles. The lowest BCUT2D eigenvalue weighted by atomic mass is 9.69. The lowest BCUT2D eigenvalue weighted by Crippen LogP contribution is -2.31. The lowest BCUT2D eigenvalue weighted by Gasteiger charge is -2.34. The predicted molar refractivity (Wildman–Crippen MR) is 114 cm³/mol. The zero-order chi connectivity index (χ0) is 20.2. The second-order valence-corrected chi connectivity index (χ2v) is 8.50.